The van der Waals surface area contributed by atoms with E-state index >= 15 is 0 Å². The lowest BCUT2D eigenvalue weighted by Gasteiger charge is -2.09. The number of hydrogen-bond acceptors (Lipinski definition) is 5. The topological polar surface area (TPSA) is 69.6 Å². The molecule has 1 aliphatic rings. The van der Waals surface area contributed by atoms with Gasteiger partial charge in [-0.05, 0) is 30.4 Å². The van der Waals surface area contributed by atoms with Crippen molar-refractivity contribution in [3.8, 4) is 0 Å². The molecule has 0 aromatic carbocycles. The van der Waals surface area contributed by atoms with Gasteiger partial charge in [-0.2, -0.15) is 5.10 Å². The van der Waals surface area contributed by atoms with Gasteiger partial charge in [0.05, 0.1) is 22.8 Å². The molecule has 1 saturated carbocycles. The second kappa shape index (κ2) is 5.16. The van der Waals surface area contributed by atoms with Gasteiger partial charge in [-0.1, -0.05) is 17.3 Å². The minimum Gasteiger partial charge on any atom is -0.323 e. The van der Waals surface area contributed by atoms with Gasteiger partial charge in [0.1, 0.15) is 0 Å². The Morgan fingerprint density at radius 3 is 3.00 bits per heavy atom. The molecule has 2 N–H and O–H groups in total. The van der Waals surface area contributed by atoms with Crippen molar-refractivity contribution >= 4 is 11.5 Å². The maximum Gasteiger partial charge on any atom is 0.0669 e. The van der Waals surface area contributed by atoms with Gasteiger partial charge in [-0.15, -0.1) is 5.10 Å². The first-order valence-electron chi connectivity index (χ1n) is 6.40. The Balaban J connectivity index is 1.66. The number of nitrogens with two attached hydrogens (primary N) is 1. The highest BCUT2D eigenvalue weighted by Gasteiger charge is 2.18. The lowest BCUT2D eigenvalue weighted by atomic mass is 10.1. The van der Waals surface area contributed by atoms with Crippen LogP contribution in [0.4, 0.5) is 0 Å². The highest BCUT2D eigenvalue weighted by atomic mass is 32.1. The summed E-state index contributed by atoms with van der Waals surface area (Å²) in [5.41, 5.74) is 7.17. The van der Waals surface area contributed by atoms with Crippen LogP contribution >= 0.6 is 11.5 Å². The van der Waals surface area contributed by atoms with E-state index in [4.69, 9.17) is 5.73 Å². The Morgan fingerprint density at radius 1 is 1.44 bits per heavy atom. The first kappa shape index (κ1) is 11.8. The van der Waals surface area contributed by atoms with Crippen LogP contribution in [0.2, 0.25) is 0 Å². The molecule has 1 fully saturated rings. The minimum absolute atomic E-state index is 0.0445. The molecule has 18 heavy (non-hydrogen) atoms. The van der Waals surface area contributed by atoms with Crippen LogP contribution in [0.3, 0.4) is 0 Å². The molecule has 0 spiro atoms. The lowest BCUT2D eigenvalue weighted by molar-refractivity contribution is 0.461. The first-order valence-corrected chi connectivity index (χ1v) is 7.17. The van der Waals surface area contributed by atoms with E-state index in [9.17, 15) is 0 Å². The van der Waals surface area contributed by atoms with Gasteiger partial charge >= 0.3 is 0 Å². The average Bonchev–Trinajstić information content (AvgIpc) is 3.12. The molecule has 3 rings (SSSR count). The zero-order valence-electron chi connectivity index (χ0n) is 10.2. The van der Waals surface area contributed by atoms with Crippen molar-refractivity contribution < 1.29 is 0 Å². The summed E-state index contributed by atoms with van der Waals surface area (Å²) in [7, 11) is 0. The Kier molecular flexibility index (Phi) is 3.38. The molecule has 0 saturated heterocycles. The third-order valence-corrected chi connectivity index (χ3v) is 4.33. The first-order chi connectivity index (χ1) is 8.83. The van der Waals surface area contributed by atoms with Crippen molar-refractivity contribution in [3.63, 3.8) is 0 Å². The largest absolute Gasteiger partial charge is 0.323 e. The molecule has 1 aliphatic carbocycles. The number of rotatable bonds is 4. The zero-order valence-corrected chi connectivity index (χ0v) is 11.0. The maximum atomic E-state index is 6.12. The number of hydrogen-bond donors (Lipinski definition) is 1. The summed E-state index contributed by atoms with van der Waals surface area (Å²) in [5, 5.41) is 8.46. The molecule has 5 nitrogen and oxygen atoms in total. The fraction of sp³-hybridized carbons (Fsp3) is 0.583. The van der Waals surface area contributed by atoms with Crippen LogP contribution in [0.25, 0.3) is 0 Å². The van der Waals surface area contributed by atoms with E-state index in [0.29, 0.717) is 6.04 Å². The van der Waals surface area contributed by atoms with E-state index < -0.39 is 0 Å². The van der Waals surface area contributed by atoms with Crippen LogP contribution < -0.4 is 5.73 Å². The van der Waals surface area contributed by atoms with Crippen LogP contribution in [0.5, 0.6) is 0 Å². The van der Waals surface area contributed by atoms with Gasteiger partial charge in [0.15, 0.2) is 0 Å². The van der Waals surface area contributed by atoms with Crippen LogP contribution in [-0.4, -0.2) is 19.4 Å². The predicted octanol–water partition coefficient (Wildman–Crippen LogP) is 2.09. The molecule has 96 valence electrons. The quantitative estimate of drug-likeness (QED) is 0.917. The Hall–Kier alpha value is -1.27. The van der Waals surface area contributed by atoms with Crippen molar-refractivity contribution in [3.05, 3.63) is 29.0 Å². The normalized spacial score (nSPS) is 18.3. The molecule has 0 radical (unpaired) electrons. The van der Waals surface area contributed by atoms with E-state index in [1.165, 1.54) is 37.2 Å². The van der Waals surface area contributed by atoms with E-state index in [0.717, 1.165) is 17.0 Å². The SMILES string of the molecule is NC(Cc1ccn(C2CCCC2)n1)c1cnns1. The fourth-order valence-corrected chi connectivity index (χ4v) is 3.02. The summed E-state index contributed by atoms with van der Waals surface area (Å²) in [6, 6.07) is 2.63. The van der Waals surface area contributed by atoms with Crippen LogP contribution in [0.15, 0.2) is 18.5 Å². The van der Waals surface area contributed by atoms with Crippen LogP contribution in [0.1, 0.15) is 48.3 Å². The summed E-state index contributed by atoms with van der Waals surface area (Å²) >= 11 is 1.36. The highest BCUT2D eigenvalue weighted by Crippen LogP contribution is 2.29. The molecule has 6 heteroatoms. The standard InChI is InChI=1S/C12H17N5S/c13-11(12-8-14-16-18-12)7-9-5-6-17(15-9)10-3-1-2-4-10/h5-6,8,10-11H,1-4,7,13H2. The molecule has 0 bridgehead atoms. The Bertz CT molecular complexity index is 486. The molecule has 2 heterocycles. The van der Waals surface area contributed by atoms with Gasteiger partial charge in [0.25, 0.3) is 0 Å². The molecule has 1 unspecified atom stereocenters. The predicted molar refractivity (Wildman–Crippen MR) is 70.3 cm³/mol. The summed E-state index contributed by atoms with van der Waals surface area (Å²) in [6.45, 7) is 0. The van der Waals surface area contributed by atoms with Gasteiger partial charge < -0.3 is 5.73 Å². The van der Waals surface area contributed by atoms with Crippen LogP contribution in [0, 0.1) is 0 Å². The maximum absolute atomic E-state index is 6.12. The van der Waals surface area contributed by atoms with Gasteiger partial charge in [0, 0.05) is 18.7 Å². The molecule has 2 aromatic heterocycles. The molecule has 0 amide bonds. The Labute approximate surface area is 110 Å². The summed E-state index contributed by atoms with van der Waals surface area (Å²) < 4.78 is 5.95. The summed E-state index contributed by atoms with van der Waals surface area (Å²) in [5.74, 6) is 0. The molecular formula is C12H17N5S. The van der Waals surface area contributed by atoms with Crippen molar-refractivity contribution in [1.29, 1.82) is 0 Å². The van der Waals surface area contributed by atoms with Gasteiger partial charge in [-0.25, -0.2) is 0 Å². The third-order valence-electron chi connectivity index (χ3n) is 3.54. The van der Waals surface area contributed by atoms with Crippen molar-refractivity contribution in [2.24, 2.45) is 5.73 Å². The molecule has 2 aromatic rings. The average molecular weight is 263 g/mol. The molecule has 0 aliphatic heterocycles. The van der Waals surface area contributed by atoms with Crippen molar-refractivity contribution in [1.82, 2.24) is 19.4 Å². The Morgan fingerprint density at radius 2 is 2.28 bits per heavy atom. The zero-order chi connectivity index (χ0) is 12.4. The minimum atomic E-state index is -0.0445. The van der Waals surface area contributed by atoms with Crippen molar-refractivity contribution in [2.75, 3.05) is 0 Å². The van der Waals surface area contributed by atoms with Crippen molar-refractivity contribution in [2.45, 2.75) is 44.2 Å². The molecular weight excluding hydrogens is 246 g/mol. The fourth-order valence-electron chi connectivity index (χ4n) is 2.52. The number of nitrogens with zero attached hydrogens (tertiary/aromatic N) is 4. The summed E-state index contributed by atoms with van der Waals surface area (Å²) in [6.07, 6.45) is 9.74. The van der Waals surface area contributed by atoms with E-state index in [2.05, 4.69) is 31.6 Å². The lowest BCUT2D eigenvalue weighted by Crippen LogP contribution is -2.13. The van der Waals surface area contributed by atoms with E-state index in [1.807, 2.05) is 0 Å². The highest BCUT2D eigenvalue weighted by molar-refractivity contribution is 7.05. The second-order valence-electron chi connectivity index (χ2n) is 4.86. The second-order valence-corrected chi connectivity index (χ2v) is 5.67. The van der Waals surface area contributed by atoms with Gasteiger partial charge in [-0.3, -0.25) is 4.68 Å². The monoisotopic (exact) mass is 263 g/mol. The van der Waals surface area contributed by atoms with E-state index in [1.54, 1.807) is 6.20 Å². The number of aromatic nitrogens is 4. The molecule has 1 atom stereocenters. The summed E-state index contributed by atoms with van der Waals surface area (Å²) in [4.78, 5) is 1.02. The smallest absolute Gasteiger partial charge is 0.0669 e. The third kappa shape index (κ3) is 2.44. The van der Waals surface area contributed by atoms with E-state index in [-0.39, 0.29) is 6.04 Å². The van der Waals surface area contributed by atoms with Gasteiger partial charge in [0.2, 0.25) is 0 Å². The van der Waals surface area contributed by atoms with Crippen LogP contribution in [-0.2, 0) is 6.42 Å².